The van der Waals surface area contributed by atoms with Gasteiger partial charge in [-0.05, 0) is 92.2 Å². The zero-order valence-corrected chi connectivity index (χ0v) is 24.1. The molecule has 45 heavy (non-hydrogen) atoms. The van der Waals surface area contributed by atoms with Crippen LogP contribution in [0.2, 0.25) is 0 Å². The molecule has 6 aromatic carbocycles. The number of fused-ring (bicyclic) bond motifs is 6. The monoisotopic (exact) mass is 572 g/mol. The van der Waals surface area contributed by atoms with Crippen LogP contribution in [0.5, 0.6) is 0 Å². The molecule has 0 fully saturated rings. The van der Waals surface area contributed by atoms with Gasteiger partial charge in [-0.1, -0.05) is 84.9 Å². The smallest absolute Gasteiger partial charge is 0.188 e. The van der Waals surface area contributed by atoms with Gasteiger partial charge in [-0.2, -0.15) is 0 Å². The van der Waals surface area contributed by atoms with E-state index in [0.29, 0.717) is 5.69 Å². The number of benzene rings is 6. The summed E-state index contributed by atoms with van der Waals surface area (Å²) in [6.07, 6.45) is 3.77. The Morgan fingerprint density at radius 3 is 1.87 bits per heavy atom. The molecular formula is C41H24N4. The first-order valence-electron chi connectivity index (χ1n) is 14.9. The first-order chi connectivity index (χ1) is 22.3. The van der Waals surface area contributed by atoms with E-state index in [9.17, 15) is 0 Å². The van der Waals surface area contributed by atoms with E-state index >= 15 is 0 Å². The number of pyridine rings is 2. The number of nitrogens with zero attached hydrogens (tertiary/aromatic N) is 4. The lowest BCUT2D eigenvalue weighted by atomic mass is 9.86. The molecule has 0 aliphatic heterocycles. The predicted octanol–water partition coefficient (Wildman–Crippen LogP) is 10.9. The molecule has 0 saturated heterocycles. The Labute approximate surface area is 259 Å². The van der Waals surface area contributed by atoms with E-state index in [-0.39, 0.29) is 0 Å². The van der Waals surface area contributed by atoms with Crippen molar-refractivity contribution in [2.24, 2.45) is 0 Å². The number of rotatable bonds is 3. The lowest BCUT2D eigenvalue weighted by Gasteiger charge is -2.17. The average Bonchev–Trinajstić information content (AvgIpc) is 3.43. The molecule has 0 aliphatic carbocycles. The van der Waals surface area contributed by atoms with Gasteiger partial charge in [0.25, 0.3) is 0 Å². The Hall–Kier alpha value is -6.31. The van der Waals surface area contributed by atoms with Crippen molar-refractivity contribution in [3.63, 3.8) is 0 Å². The van der Waals surface area contributed by atoms with Crippen molar-refractivity contribution >= 4 is 59.9 Å². The Morgan fingerprint density at radius 2 is 1.18 bits per heavy atom. The Bertz CT molecular complexity index is 2600. The maximum absolute atomic E-state index is 7.74. The normalized spacial score (nSPS) is 11.5. The molecule has 0 unspecified atom stereocenters. The molecule has 4 nitrogen and oxygen atoms in total. The van der Waals surface area contributed by atoms with Gasteiger partial charge in [-0.25, -0.2) is 9.83 Å². The summed E-state index contributed by atoms with van der Waals surface area (Å²) in [5, 5.41) is 8.00. The topological polar surface area (TPSA) is 35.1 Å². The molecule has 0 bridgehead atoms. The largest absolute Gasteiger partial charge is 0.294 e. The second-order valence-corrected chi connectivity index (χ2v) is 11.3. The molecule has 3 aromatic heterocycles. The number of para-hydroxylation sites is 1. The third-order valence-corrected chi connectivity index (χ3v) is 8.86. The van der Waals surface area contributed by atoms with Crippen molar-refractivity contribution in [1.29, 1.82) is 0 Å². The summed E-state index contributed by atoms with van der Waals surface area (Å²) in [6.45, 7) is 7.74. The molecule has 9 rings (SSSR count). The Balaban J connectivity index is 1.37. The SMILES string of the molecule is [C-]#[N+]c1ccc2c(c1)c1cc(-c3c4ccccc4c(-c4cccnc4)c4ccccc34)ccc1n2-c1ccc2ccccc2n1. The standard InChI is InChI=1S/C41H24N4/c1-42-29-18-20-38-35(24-29)34-23-27(16-19-37(34)45(38)39-21-17-26-9-2-7-15-36(26)44-39)40-30-11-3-5-13-32(30)41(28-10-8-22-43-25-28)33-14-6-4-12-31(33)40/h2-25H. The summed E-state index contributed by atoms with van der Waals surface area (Å²) in [6, 6.07) is 46.5. The van der Waals surface area contributed by atoms with Crippen molar-refractivity contribution in [1.82, 2.24) is 14.5 Å². The lowest BCUT2D eigenvalue weighted by Crippen LogP contribution is -1.97. The minimum absolute atomic E-state index is 0.621. The quantitative estimate of drug-likeness (QED) is 0.156. The summed E-state index contributed by atoms with van der Waals surface area (Å²) in [5.74, 6) is 0.855. The third-order valence-electron chi connectivity index (χ3n) is 8.86. The number of hydrogen-bond acceptors (Lipinski definition) is 2. The fourth-order valence-corrected chi connectivity index (χ4v) is 6.92. The van der Waals surface area contributed by atoms with E-state index in [1.54, 1.807) is 0 Å². The summed E-state index contributed by atoms with van der Waals surface area (Å²) in [4.78, 5) is 13.3. The van der Waals surface area contributed by atoms with Crippen LogP contribution in [0.15, 0.2) is 146 Å². The van der Waals surface area contributed by atoms with Crippen molar-refractivity contribution in [2.75, 3.05) is 0 Å². The summed E-state index contributed by atoms with van der Waals surface area (Å²) >= 11 is 0. The van der Waals surface area contributed by atoms with E-state index in [2.05, 4.69) is 105 Å². The van der Waals surface area contributed by atoms with Crippen molar-refractivity contribution < 1.29 is 0 Å². The molecule has 9 aromatic rings. The molecule has 0 saturated carbocycles. The zero-order chi connectivity index (χ0) is 29.9. The minimum atomic E-state index is 0.621. The van der Waals surface area contributed by atoms with Crippen LogP contribution in [0, 0.1) is 6.57 Å². The van der Waals surface area contributed by atoms with Crippen LogP contribution in [0.25, 0.3) is 87.2 Å². The predicted molar refractivity (Wildman–Crippen MR) is 186 cm³/mol. The Morgan fingerprint density at radius 1 is 0.533 bits per heavy atom. The van der Waals surface area contributed by atoms with Gasteiger partial charge in [-0.15, -0.1) is 0 Å². The van der Waals surface area contributed by atoms with Gasteiger partial charge in [0.2, 0.25) is 0 Å². The zero-order valence-electron chi connectivity index (χ0n) is 24.1. The highest BCUT2D eigenvalue weighted by molar-refractivity contribution is 6.22. The molecule has 0 amide bonds. The van der Waals surface area contributed by atoms with E-state index in [1.165, 1.54) is 32.7 Å². The van der Waals surface area contributed by atoms with Crippen molar-refractivity contribution in [3.8, 4) is 28.1 Å². The van der Waals surface area contributed by atoms with Crippen LogP contribution in [-0.2, 0) is 0 Å². The molecule has 4 heteroatoms. The van der Waals surface area contributed by atoms with E-state index in [0.717, 1.165) is 49.7 Å². The maximum Gasteiger partial charge on any atom is 0.188 e. The fraction of sp³-hybridized carbons (Fsp3) is 0. The highest BCUT2D eigenvalue weighted by Crippen LogP contribution is 2.45. The number of aromatic nitrogens is 3. The molecule has 0 radical (unpaired) electrons. The van der Waals surface area contributed by atoms with Crippen LogP contribution >= 0.6 is 0 Å². The van der Waals surface area contributed by atoms with E-state index < -0.39 is 0 Å². The second-order valence-electron chi connectivity index (χ2n) is 11.3. The van der Waals surface area contributed by atoms with Gasteiger partial charge >= 0.3 is 0 Å². The summed E-state index contributed by atoms with van der Waals surface area (Å²) in [5.41, 5.74) is 8.27. The molecule has 0 N–H and O–H groups in total. The average molecular weight is 573 g/mol. The Kier molecular flexibility index (Phi) is 5.53. The highest BCUT2D eigenvalue weighted by Gasteiger charge is 2.19. The van der Waals surface area contributed by atoms with Gasteiger partial charge < -0.3 is 0 Å². The second kappa shape index (κ2) is 9.87. The van der Waals surface area contributed by atoms with Crippen LogP contribution in [0.4, 0.5) is 5.69 Å². The van der Waals surface area contributed by atoms with E-state index in [4.69, 9.17) is 11.6 Å². The first-order valence-corrected chi connectivity index (χ1v) is 14.9. The van der Waals surface area contributed by atoms with Crippen LogP contribution in [0.3, 0.4) is 0 Å². The minimum Gasteiger partial charge on any atom is -0.294 e. The van der Waals surface area contributed by atoms with Crippen LogP contribution in [0.1, 0.15) is 0 Å². The van der Waals surface area contributed by atoms with Crippen LogP contribution < -0.4 is 0 Å². The number of hydrogen-bond donors (Lipinski definition) is 0. The van der Waals surface area contributed by atoms with Gasteiger partial charge in [0.15, 0.2) is 5.69 Å². The first kappa shape index (κ1) is 25.2. The highest BCUT2D eigenvalue weighted by atomic mass is 15.1. The molecule has 3 heterocycles. The van der Waals surface area contributed by atoms with Crippen molar-refractivity contribution in [2.45, 2.75) is 0 Å². The summed E-state index contributed by atoms with van der Waals surface area (Å²) in [7, 11) is 0. The van der Waals surface area contributed by atoms with E-state index in [1.807, 2.05) is 54.9 Å². The van der Waals surface area contributed by atoms with Gasteiger partial charge in [0, 0.05) is 28.7 Å². The molecule has 0 aliphatic rings. The molecule has 208 valence electrons. The third kappa shape index (κ3) is 3.85. The van der Waals surface area contributed by atoms with Gasteiger partial charge in [-0.3, -0.25) is 9.55 Å². The lowest BCUT2D eigenvalue weighted by molar-refractivity contribution is 1.10. The summed E-state index contributed by atoms with van der Waals surface area (Å²) < 4.78 is 2.22. The molecule has 0 spiro atoms. The molecular weight excluding hydrogens is 548 g/mol. The van der Waals surface area contributed by atoms with Gasteiger partial charge in [0.05, 0.1) is 23.1 Å². The van der Waals surface area contributed by atoms with Gasteiger partial charge in [0.1, 0.15) is 5.82 Å². The maximum atomic E-state index is 7.74. The van der Waals surface area contributed by atoms with Crippen LogP contribution in [-0.4, -0.2) is 14.5 Å². The fourth-order valence-electron chi connectivity index (χ4n) is 6.92. The van der Waals surface area contributed by atoms with Crippen molar-refractivity contribution in [3.05, 3.63) is 157 Å². The molecule has 0 atom stereocenters.